The molecule has 162 valence electrons. The van der Waals surface area contributed by atoms with E-state index in [9.17, 15) is 9.18 Å². The lowest BCUT2D eigenvalue weighted by molar-refractivity contribution is -0.122. The summed E-state index contributed by atoms with van der Waals surface area (Å²) in [5, 5.41) is 1.56. The van der Waals surface area contributed by atoms with Crippen molar-refractivity contribution in [3.63, 3.8) is 0 Å². The Morgan fingerprint density at radius 3 is 2.52 bits per heavy atom. The van der Waals surface area contributed by atoms with Gasteiger partial charge in [0.25, 0.3) is 5.91 Å². The Hall–Kier alpha value is -2.45. The molecule has 1 amide bonds. The average molecular weight is 458 g/mol. The highest BCUT2D eigenvalue weighted by atomic mass is 32.2. The van der Waals surface area contributed by atoms with Crippen LogP contribution in [-0.4, -0.2) is 36.2 Å². The number of carbonyl (C=O) groups is 1. The zero-order chi connectivity index (χ0) is 22.0. The first-order valence-electron chi connectivity index (χ1n) is 10.3. The van der Waals surface area contributed by atoms with E-state index in [0.717, 1.165) is 40.7 Å². The minimum absolute atomic E-state index is 0.0277. The van der Waals surface area contributed by atoms with Gasteiger partial charge in [-0.15, -0.1) is 0 Å². The van der Waals surface area contributed by atoms with Crippen molar-refractivity contribution in [1.82, 2.24) is 4.90 Å². The van der Waals surface area contributed by atoms with Gasteiger partial charge >= 0.3 is 0 Å². The Labute approximate surface area is 190 Å². The topological polar surface area (TPSA) is 45.1 Å². The van der Waals surface area contributed by atoms with Crippen LogP contribution in [0.5, 0.6) is 5.75 Å². The minimum Gasteiger partial charge on any atom is -0.497 e. The molecular formula is C23H24FN3O2S2. The van der Waals surface area contributed by atoms with E-state index in [1.165, 1.54) is 23.9 Å². The molecule has 4 rings (SSSR count). The molecule has 0 N–H and O–H groups in total. The summed E-state index contributed by atoms with van der Waals surface area (Å²) in [6.07, 6.45) is 1.87. The van der Waals surface area contributed by atoms with Gasteiger partial charge in [-0.1, -0.05) is 25.1 Å². The van der Waals surface area contributed by atoms with Crippen LogP contribution in [0.15, 0.2) is 62.3 Å². The van der Waals surface area contributed by atoms with E-state index >= 15 is 0 Å². The Balaban J connectivity index is 1.73. The van der Waals surface area contributed by atoms with Gasteiger partial charge in [-0.3, -0.25) is 9.69 Å². The van der Waals surface area contributed by atoms with Gasteiger partial charge in [-0.25, -0.2) is 9.38 Å². The zero-order valence-electron chi connectivity index (χ0n) is 17.7. The summed E-state index contributed by atoms with van der Waals surface area (Å²) >= 11 is 2.99. The second kappa shape index (κ2) is 9.36. The summed E-state index contributed by atoms with van der Waals surface area (Å²) in [6.45, 7) is 5.51. The standard InChI is InChI=1S/C23H24FN3O2S2/c1-4-6-13-27-21(28)20(31-23(27)25-16-9-7-15(24)8-10-16)22-26(5-2)18-14-17(29-3)11-12-19(18)30-22/h7-12,14H,4-6,13H2,1-3H3. The number of hydrogen-bond acceptors (Lipinski definition) is 6. The summed E-state index contributed by atoms with van der Waals surface area (Å²) in [6, 6.07) is 12.0. The lowest BCUT2D eigenvalue weighted by atomic mass is 10.2. The number of ether oxygens (including phenoxy) is 1. The van der Waals surface area contributed by atoms with Crippen LogP contribution in [0.1, 0.15) is 26.7 Å². The van der Waals surface area contributed by atoms with Gasteiger partial charge in [-0.05, 0) is 61.5 Å². The maximum Gasteiger partial charge on any atom is 0.269 e. The van der Waals surface area contributed by atoms with Gasteiger partial charge in [-0.2, -0.15) is 0 Å². The number of anilines is 1. The van der Waals surface area contributed by atoms with E-state index in [2.05, 4.69) is 23.7 Å². The molecule has 2 aromatic carbocycles. The highest BCUT2D eigenvalue weighted by molar-refractivity contribution is 8.19. The maximum absolute atomic E-state index is 13.4. The lowest BCUT2D eigenvalue weighted by Crippen LogP contribution is -2.30. The largest absolute Gasteiger partial charge is 0.497 e. The first-order chi connectivity index (χ1) is 15.0. The molecule has 0 unspecified atom stereocenters. The van der Waals surface area contributed by atoms with Crippen molar-refractivity contribution in [3.8, 4) is 5.75 Å². The molecule has 0 aromatic heterocycles. The number of rotatable bonds is 6. The number of nitrogens with zero attached hydrogens (tertiary/aromatic N) is 3. The molecule has 0 bridgehead atoms. The van der Waals surface area contributed by atoms with E-state index in [0.29, 0.717) is 22.3 Å². The van der Waals surface area contributed by atoms with Crippen LogP contribution in [0.4, 0.5) is 15.8 Å². The summed E-state index contributed by atoms with van der Waals surface area (Å²) in [4.78, 5) is 23.8. The molecule has 0 atom stereocenters. The first-order valence-corrected chi connectivity index (χ1v) is 11.9. The van der Waals surface area contributed by atoms with Crippen molar-refractivity contribution >= 4 is 46.0 Å². The number of amidine groups is 1. The molecule has 0 spiro atoms. The Morgan fingerprint density at radius 2 is 1.84 bits per heavy atom. The van der Waals surface area contributed by atoms with Gasteiger partial charge in [0.1, 0.15) is 21.5 Å². The molecule has 2 aliphatic rings. The highest BCUT2D eigenvalue weighted by Gasteiger charge is 2.39. The predicted octanol–water partition coefficient (Wildman–Crippen LogP) is 6.00. The third-order valence-electron chi connectivity index (χ3n) is 5.07. The van der Waals surface area contributed by atoms with Crippen molar-refractivity contribution in [2.75, 3.05) is 25.1 Å². The van der Waals surface area contributed by atoms with E-state index in [4.69, 9.17) is 4.74 Å². The summed E-state index contributed by atoms with van der Waals surface area (Å²) < 4.78 is 18.7. The van der Waals surface area contributed by atoms with Gasteiger partial charge in [0.15, 0.2) is 5.17 Å². The van der Waals surface area contributed by atoms with E-state index in [-0.39, 0.29) is 11.7 Å². The number of methoxy groups -OCH3 is 1. The smallest absolute Gasteiger partial charge is 0.269 e. The molecule has 1 saturated heterocycles. The molecule has 5 nitrogen and oxygen atoms in total. The van der Waals surface area contributed by atoms with Gasteiger partial charge in [0, 0.05) is 24.1 Å². The molecule has 1 fully saturated rings. The van der Waals surface area contributed by atoms with Crippen molar-refractivity contribution in [2.24, 2.45) is 4.99 Å². The molecule has 0 aliphatic carbocycles. The normalized spacial score (nSPS) is 19.5. The Kier molecular flexibility index (Phi) is 6.57. The summed E-state index contributed by atoms with van der Waals surface area (Å²) in [5.74, 6) is 0.455. The molecular weight excluding hydrogens is 433 g/mol. The number of halogens is 1. The van der Waals surface area contributed by atoms with Crippen molar-refractivity contribution in [2.45, 2.75) is 31.6 Å². The minimum atomic E-state index is -0.307. The van der Waals surface area contributed by atoms with E-state index in [1.807, 2.05) is 18.2 Å². The number of thioether (sulfide) groups is 2. The van der Waals surface area contributed by atoms with Crippen LogP contribution in [0.25, 0.3) is 0 Å². The molecule has 0 radical (unpaired) electrons. The number of fused-ring (bicyclic) bond motifs is 1. The van der Waals surface area contributed by atoms with Gasteiger partial charge < -0.3 is 9.64 Å². The second-order valence-electron chi connectivity index (χ2n) is 7.10. The Bertz CT molecular complexity index is 1050. The summed E-state index contributed by atoms with van der Waals surface area (Å²) in [7, 11) is 1.65. The number of unbranched alkanes of at least 4 members (excludes halogenated alkanes) is 1. The molecule has 2 heterocycles. The molecule has 8 heteroatoms. The predicted molar refractivity (Wildman–Crippen MR) is 127 cm³/mol. The van der Waals surface area contributed by atoms with Crippen LogP contribution in [0.2, 0.25) is 0 Å². The van der Waals surface area contributed by atoms with Crippen LogP contribution in [-0.2, 0) is 4.79 Å². The fraction of sp³-hybridized carbons (Fsp3) is 0.304. The van der Waals surface area contributed by atoms with Crippen molar-refractivity contribution in [3.05, 3.63) is 58.2 Å². The first kappa shape index (κ1) is 21.8. The lowest BCUT2D eigenvalue weighted by Gasteiger charge is -2.19. The quantitative estimate of drug-likeness (QED) is 0.498. The van der Waals surface area contributed by atoms with Crippen LogP contribution < -0.4 is 9.64 Å². The zero-order valence-corrected chi connectivity index (χ0v) is 19.4. The third-order valence-corrected chi connectivity index (χ3v) is 7.45. The van der Waals surface area contributed by atoms with Gasteiger partial charge in [0.05, 0.1) is 18.5 Å². The highest BCUT2D eigenvalue weighted by Crippen LogP contribution is 2.51. The van der Waals surface area contributed by atoms with Crippen molar-refractivity contribution in [1.29, 1.82) is 0 Å². The molecule has 31 heavy (non-hydrogen) atoms. The Morgan fingerprint density at radius 1 is 1.06 bits per heavy atom. The molecule has 2 aromatic rings. The van der Waals surface area contributed by atoms with Crippen LogP contribution in [0, 0.1) is 5.82 Å². The number of benzene rings is 2. The second-order valence-corrected chi connectivity index (χ2v) is 9.11. The maximum atomic E-state index is 13.4. The van der Waals surface area contributed by atoms with E-state index in [1.54, 1.807) is 35.9 Å². The van der Waals surface area contributed by atoms with E-state index < -0.39 is 0 Å². The number of aliphatic imine (C=N–C) groups is 1. The number of hydrogen-bond donors (Lipinski definition) is 0. The third kappa shape index (κ3) is 4.32. The number of amides is 1. The average Bonchev–Trinajstić information content (AvgIpc) is 3.30. The van der Waals surface area contributed by atoms with Crippen LogP contribution in [0.3, 0.4) is 0 Å². The molecule has 0 saturated carbocycles. The van der Waals surface area contributed by atoms with Gasteiger partial charge in [0.2, 0.25) is 0 Å². The van der Waals surface area contributed by atoms with Crippen molar-refractivity contribution < 1.29 is 13.9 Å². The monoisotopic (exact) mass is 457 g/mol. The molecule has 2 aliphatic heterocycles. The van der Waals surface area contributed by atoms with Crippen LogP contribution >= 0.6 is 23.5 Å². The summed E-state index contributed by atoms with van der Waals surface area (Å²) in [5.41, 5.74) is 1.68. The number of carbonyl (C=O) groups excluding carboxylic acids is 1. The fourth-order valence-electron chi connectivity index (χ4n) is 3.43. The SMILES string of the molecule is CCCCN1C(=O)C(=C2Sc3ccc(OC)cc3N2CC)SC1=Nc1ccc(F)cc1. The fourth-order valence-corrected chi connectivity index (χ4v) is 5.83.